The first-order chi connectivity index (χ1) is 9.85. The molecular weight excluding hydrogens is 268 g/mol. The van der Waals surface area contributed by atoms with Crippen LogP contribution in [-0.4, -0.2) is 18.8 Å². The van der Waals surface area contributed by atoms with E-state index in [1.165, 1.54) is 6.38 Å². The molecule has 0 radical (unpaired) electrons. The van der Waals surface area contributed by atoms with Gasteiger partial charge in [0.2, 0.25) is 0 Å². The van der Waals surface area contributed by atoms with Crippen LogP contribution < -0.4 is 5.32 Å². The Morgan fingerprint density at radius 1 is 1.25 bits per heavy atom. The van der Waals surface area contributed by atoms with Crippen LogP contribution in [-0.2, 0) is 0 Å². The van der Waals surface area contributed by atoms with Crippen LogP contribution in [0.2, 0.25) is 0 Å². The quantitative estimate of drug-likeness (QED) is 0.652. The molecule has 1 aliphatic rings. The molecule has 1 aliphatic heterocycles. The van der Waals surface area contributed by atoms with Crippen molar-refractivity contribution in [3.8, 4) is 0 Å². The Labute approximate surface area is 125 Å². The average molecular weight is 287 g/mol. The molecule has 3 heteroatoms. The predicted molar refractivity (Wildman–Crippen MR) is 90.1 cm³/mol. The SMILES string of the molecule is C=C/C=C(\C=C)C1C=C(c2ccccc2)NC=N1.CCl. The minimum absolute atomic E-state index is 0.00282. The van der Waals surface area contributed by atoms with Crippen LogP contribution in [0, 0.1) is 0 Å². The van der Waals surface area contributed by atoms with Crippen molar-refractivity contribution >= 4 is 23.6 Å². The van der Waals surface area contributed by atoms with Gasteiger partial charge in [0, 0.05) is 12.1 Å². The van der Waals surface area contributed by atoms with Gasteiger partial charge in [0.1, 0.15) is 0 Å². The Morgan fingerprint density at radius 2 is 1.95 bits per heavy atom. The van der Waals surface area contributed by atoms with Crippen LogP contribution in [0.4, 0.5) is 0 Å². The molecule has 1 unspecified atom stereocenters. The normalized spacial score (nSPS) is 17.2. The maximum absolute atomic E-state index is 4.64. The third-order valence-corrected chi connectivity index (χ3v) is 2.75. The number of nitrogens with zero attached hydrogens (tertiary/aromatic N) is 1. The molecule has 0 aromatic heterocycles. The fraction of sp³-hybridized carbons (Fsp3) is 0.118. The fourth-order valence-electron chi connectivity index (χ4n) is 1.84. The molecule has 2 rings (SSSR count). The fourth-order valence-corrected chi connectivity index (χ4v) is 1.84. The Balaban J connectivity index is 0.000000956. The van der Waals surface area contributed by atoms with Crippen molar-refractivity contribution in [2.24, 2.45) is 4.99 Å². The second kappa shape index (κ2) is 8.94. The summed E-state index contributed by atoms with van der Waals surface area (Å²) in [5.74, 6) is 0. The van der Waals surface area contributed by atoms with Crippen LogP contribution in [0.25, 0.3) is 5.70 Å². The molecule has 1 aromatic carbocycles. The summed E-state index contributed by atoms with van der Waals surface area (Å²) in [5.41, 5.74) is 3.25. The highest BCUT2D eigenvalue weighted by Gasteiger charge is 2.12. The molecule has 0 spiro atoms. The van der Waals surface area contributed by atoms with Gasteiger partial charge in [-0.1, -0.05) is 61.7 Å². The van der Waals surface area contributed by atoms with E-state index in [1.807, 2.05) is 30.4 Å². The van der Waals surface area contributed by atoms with Gasteiger partial charge in [-0.3, -0.25) is 4.99 Å². The van der Waals surface area contributed by atoms with E-state index < -0.39 is 0 Å². The molecule has 0 saturated heterocycles. The van der Waals surface area contributed by atoms with E-state index in [9.17, 15) is 0 Å². The lowest BCUT2D eigenvalue weighted by Crippen LogP contribution is -2.20. The summed E-state index contributed by atoms with van der Waals surface area (Å²) in [6, 6.07) is 10.2. The molecule has 0 saturated carbocycles. The van der Waals surface area contributed by atoms with Crippen LogP contribution >= 0.6 is 11.6 Å². The molecule has 1 N–H and O–H groups in total. The van der Waals surface area contributed by atoms with Gasteiger partial charge in [-0.05, 0) is 17.2 Å². The van der Waals surface area contributed by atoms with Crippen molar-refractivity contribution in [2.45, 2.75) is 6.04 Å². The van der Waals surface area contributed by atoms with E-state index in [4.69, 9.17) is 0 Å². The second-order valence-electron chi connectivity index (χ2n) is 3.92. The van der Waals surface area contributed by atoms with Crippen molar-refractivity contribution < 1.29 is 0 Å². The van der Waals surface area contributed by atoms with E-state index in [0.29, 0.717) is 0 Å². The Bertz CT molecular complexity index is 527. The summed E-state index contributed by atoms with van der Waals surface area (Å²) < 4.78 is 0. The number of alkyl halides is 1. The molecule has 1 heterocycles. The van der Waals surface area contributed by atoms with E-state index in [-0.39, 0.29) is 6.04 Å². The molecule has 1 aromatic rings. The molecule has 0 fully saturated rings. The third kappa shape index (κ3) is 4.25. The van der Waals surface area contributed by atoms with E-state index >= 15 is 0 Å². The zero-order valence-electron chi connectivity index (χ0n) is 11.6. The van der Waals surface area contributed by atoms with Crippen LogP contribution in [0.15, 0.2) is 78.4 Å². The summed E-state index contributed by atoms with van der Waals surface area (Å²) in [7, 11) is 0. The summed E-state index contributed by atoms with van der Waals surface area (Å²) in [6.07, 6.45) is 10.8. The maximum Gasteiger partial charge on any atom is 0.0970 e. The predicted octanol–water partition coefficient (Wildman–Crippen LogP) is 4.18. The zero-order chi connectivity index (χ0) is 14.8. The van der Waals surface area contributed by atoms with Crippen molar-refractivity contribution in [3.63, 3.8) is 0 Å². The molecule has 2 nitrogen and oxygen atoms in total. The second-order valence-corrected chi connectivity index (χ2v) is 3.92. The summed E-state index contributed by atoms with van der Waals surface area (Å²) >= 11 is 4.64. The number of halogens is 1. The Kier molecular flexibility index (Phi) is 7.15. The number of aliphatic imine (C=N–C) groups is 1. The van der Waals surface area contributed by atoms with Crippen LogP contribution in [0.3, 0.4) is 0 Å². The van der Waals surface area contributed by atoms with E-state index in [0.717, 1.165) is 16.8 Å². The Morgan fingerprint density at radius 3 is 2.55 bits per heavy atom. The third-order valence-electron chi connectivity index (χ3n) is 2.75. The number of benzene rings is 1. The highest BCUT2D eigenvalue weighted by atomic mass is 35.5. The topological polar surface area (TPSA) is 24.4 Å². The van der Waals surface area contributed by atoms with Crippen molar-refractivity contribution in [1.29, 1.82) is 0 Å². The van der Waals surface area contributed by atoms with Gasteiger partial charge in [0.25, 0.3) is 0 Å². The van der Waals surface area contributed by atoms with Crippen LogP contribution in [0.1, 0.15) is 5.56 Å². The highest BCUT2D eigenvalue weighted by molar-refractivity contribution is 6.15. The number of hydrogen-bond donors (Lipinski definition) is 1. The summed E-state index contributed by atoms with van der Waals surface area (Å²) in [4.78, 5) is 4.40. The maximum atomic E-state index is 4.64. The molecule has 0 aliphatic carbocycles. The minimum Gasteiger partial charge on any atom is -0.346 e. The molecule has 1 atom stereocenters. The Hall–Kier alpha value is -2.06. The minimum atomic E-state index is -0.00282. The van der Waals surface area contributed by atoms with Gasteiger partial charge in [0.05, 0.1) is 12.4 Å². The standard InChI is InChI=1S/C16H16N2.CH3Cl/c1-3-8-13(4-2)15-11-16(18-12-17-15)14-9-6-5-7-10-14;1-2/h3-12,15H,1-2H2,(H,17,18);1H3/b13-8+;. The molecule has 20 heavy (non-hydrogen) atoms. The van der Waals surface area contributed by atoms with Crippen molar-refractivity contribution in [1.82, 2.24) is 5.32 Å². The zero-order valence-corrected chi connectivity index (χ0v) is 12.3. The molecule has 104 valence electrons. The van der Waals surface area contributed by atoms with Gasteiger partial charge in [-0.25, -0.2) is 0 Å². The van der Waals surface area contributed by atoms with Crippen molar-refractivity contribution in [2.75, 3.05) is 6.38 Å². The molecular formula is C17H19ClN2. The largest absolute Gasteiger partial charge is 0.346 e. The monoisotopic (exact) mass is 286 g/mol. The van der Waals surface area contributed by atoms with Gasteiger partial charge >= 0.3 is 0 Å². The lowest BCUT2D eigenvalue weighted by Gasteiger charge is -2.18. The lowest BCUT2D eigenvalue weighted by atomic mass is 10.0. The average Bonchev–Trinajstić information content (AvgIpc) is 2.55. The number of nitrogens with one attached hydrogen (secondary N) is 1. The highest BCUT2D eigenvalue weighted by Crippen LogP contribution is 2.19. The van der Waals surface area contributed by atoms with Gasteiger partial charge in [0.15, 0.2) is 0 Å². The number of rotatable bonds is 4. The van der Waals surface area contributed by atoms with Gasteiger partial charge in [-0.15, -0.1) is 11.6 Å². The van der Waals surface area contributed by atoms with E-state index in [2.05, 4.69) is 53.3 Å². The van der Waals surface area contributed by atoms with Gasteiger partial charge < -0.3 is 5.32 Å². The smallest absolute Gasteiger partial charge is 0.0970 e. The van der Waals surface area contributed by atoms with Gasteiger partial charge in [-0.2, -0.15) is 0 Å². The number of hydrogen-bond acceptors (Lipinski definition) is 2. The number of allylic oxidation sites excluding steroid dienone is 2. The lowest BCUT2D eigenvalue weighted by molar-refractivity contribution is 0.953. The first-order valence-corrected chi connectivity index (χ1v) is 6.99. The van der Waals surface area contributed by atoms with E-state index in [1.54, 1.807) is 12.4 Å². The summed E-state index contributed by atoms with van der Waals surface area (Å²) in [6.45, 7) is 7.52. The first kappa shape index (κ1) is 16.0. The van der Waals surface area contributed by atoms with Crippen LogP contribution in [0.5, 0.6) is 0 Å². The van der Waals surface area contributed by atoms with Crippen molar-refractivity contribution in [3.05, 3.63) is 78.9 Å². The summed E-state index contributed by atoms with van der Waals surface area (Å²) in [5, 5.41) is 3.17. The molecule has 0 bridgehead atoms. The first-order valence-electron chi connectivity index (χ1n) is 6.23. The molecule has 0 amide bonds.